The van der Waals surface area contributed by atoms with Gasteiger partial charge in [-0.25, -0.2) is 0 Å². The van der Waals surface area contributed by atoms with E-state index in [2.05, 4.69) is 20.0 Å². The van der Waals surface area contributed by atoms with Gasteiger partial charge in [-0.15, -0.1) is 0 Å². The summed E-state index contributed by atoms with van der Waals surface area (Å²) in [4.78, 5) is 0. The molecule has 28 heavy (non-hydrogen) atoms. The first kappa shape index (κ1) is 42.6. The van der Waals surface area contributed by atoms with E-state index in [1.54, 1.807) is 20.8 Å². The fourth-order valence-electron chi connectivity index (χ4n) is 0.962. The van der Waals surface area contributed by atoms with Crippen LogP contribution in [0.15, 0.2) is 0 Å². The topological polar surface area (TPSA) is 79.9 Å². The quantitative estimate of drug-likeness (QED) is 0.309. The standard InChI is InChI=1S/3C5H5.C4H10O.3CO.Mo.Ti/c3*1-2-4-5-3-1;1-4(2,3)5;3*1-2;;/h3*1-5H;5H,1-3H3;;;;;/q;;;;;;;;+2. The summed E-state index contributed by atoms with van der Waals surface area (Å²) in [6, 6.07) is 0. The Morgan fingerprint density at radius 3 is 0.536 bits per heavy atom. The number of hydrogen-bond donors (Lipinski definition) is 1. The Bertz CT molecular complexity index is 220. The van der Waals surface area contributed by atoms with Crippen molar-refractivity contribution in [1.29, 1.82) is 0 Å². The molecule has 0 aromatic heterocycles. The first-order valence-corrected chi connectivity index (χ1v) is 7.34. The van der Waals surface area contributed by atoms with Crippen LogP contribution in [0.25, 0.3) is 0 Å². The van der Waals surface area contributed by atoms with E-state index in [-0.39, 0.29) is 42.8 Å². The van der Waals surface area contributed by atoms with Crippen molar-refractivity contribution < 1.29 is 61.8 Å². The van der Waals surface area contributed by atoms with Gasteiger partial charge in [0.15, 0.2) is 0 Å². The van der Waals surface area contributed by atoms with Crippen LogP contribution in [0.5, 0.6) is 0 Å². The van der Waals surface area contributed by atoms with E-state index in [0.717, 1.165) is 0 Å². The summed E-state index contributed by atoms with van der Waals surface area (Å²) < 4.78 is 22.5. The van der Waals surface area contributed by atoms with Gasteiger partial charge >= 0.3 is 55.6 Å². The molecule has 3 saturated carbocycles. The van der Waals surface area contributed by atoms with Crippen LogP contribution in [0.4, 0.5) is 0 Å². The molecule has 15 radical (unpaired) electrons. The van der Waals surface area contributed by atoms with Crippen LogP contribution in [0.3, 0.4) is 0 Å². The van der Waals surface area contributed by atoms with Crippen molar-refractivity contribution in [3.05, 3.63) is 116 Å². The number of aliphatic hydroxyl groups is 1. The second kappa shape index (κ2) is 41.8. The molecule has 145 valence electrons. The zero-order valence-corrected chi connectivity index (χ0v) is 19.8. The summed E-state index contributed by atoms with van der Waals surface area (Å²) in [5.74, 6) is 0. The van der Waals surface area contributed by atoms with Gasteiger partial charge in [-0.3, -0.25) is 0 Å². The molecule has 0 saturated heterocycles. The third kappa shape index (κ3) is 71.6. The molecule has 0 atom stereocenters. The van der Waals surface area contributed by atoms with Gasteiger partial charge in [0, 0.05) is 21.1 Å². The zero-order valence-electron chi connectivity index (χ0n) is 16.2. The van der Waals surface area contributed by atoms with Crippen LogP contribution >= 0.6 is 0 Å². The molecule has 6 heteroatoms. The minimum atomic E-state index is -0.500. The van der Waals surface area contributed by atoms with Crippen LogP contribution in [0, 0.1) is 116 Å². The van der Waals surface area contributed by atoms with E-state index in [1.807, 2.05) is 96.3 Å². The van der Waals surface area contributed by atoms with Crippen molar-refractivity contribution in [3.8, 4) is 0 Å². The van der Waals surface area contributed by atoms with Crippen LogP contribution in [-0.2, 0) is 56.7 Å². The van der Waals surface area contributed by atoms with Crippen molar-refractivity contribution in [2.45, 2.75) is 26.4 Å². The van der Waals surface area contributed by atoms with Gasteiger partial charge in [-0.1, -0.05) is 0 Å². The van der Waals surface area contributed by atoms with Gasteiger partial charge in [-0.05, 0) is 117 Å². The average Bonchev–Trinajstić information content (AvgIpc) is 3.47. The van der Waals surface area contributed by atoms with Gasteiger partial charge in [0.1, 0.15) is 0 Å². The van der Waals surface area contributed by atoms with Gasteiger partial charge in [0.25, 0.3) is 0 Å². The molecule has 3 rings (SSSR count). The molecular formula is C22H25MoO4Ti+2. The Balaban J connectivity index is -0.0000000518. The van der Waals surface area contributed by atoms with E-state index in [4.69, 9.17) is 19.1 Å². The largest absolute Gasteiger partial charge is 2.00 e. The monoisotopic (exact) mass is 499 g/mol. The van der Waals surface area contributed by atoms with Crippen molar-refractivity contribution in [1.82, 2.24) is 0 Å². The second-order valence-electron chi connectivity index (χ2n) is 5.06. The number of rotatable bonds is 0. The summed E-state index contributed by atoms with van der Waals surface area (Å²) >= 11 is 0. The van der Waals surface area contributed by atoms with Crippen molar-refractivity contribution in [2.75, 3.05) is 0 Å². The van der Waals surface area contributed by atoms with Gasteiger partial charge < -0.3 is 5.11 Å². The van der Waals surface area contributed by atoms with Crippen molar-refractivity contribution in [2.24, 2.45) is 0 Å². The van der Waals surface area contributed by atoms with Gasteiger partial charge in [0.2, 0.25) is 0 Å². The first-order valence-electron chi connectivity index (χ1n) is 7.34. The maximum atomic E-state index is 8.52. The predicted molar refractivity (Wildman–Crippen MR) is 98.3 cm³/mol. The molecule has 3 fully saturated rings. The minimum absolute atomic E-state index is 0. The van der Waals surface area contributed by atoms with Crippen molar-refractivity contribution in [3.63, 3.8) is 0 Å². The van der Waals surface area contributed by atoms with E-state index < -0.39 is 5.60 Å². The Hall–Kier alpha value is 0.583. The second-order valence-corrected chi connectivity index (χ2v) is 5.06. The molecule has 0 bridgehead atoms. The zero-order chi connectivity index (χ0) is 21.1. The number of hydrogen-bond acceptors (Lipinski definition) is 1. The molecule has 0 heterocycles. The fraction of sp³-hybridized carbons (Fsp3) is 0.182. The molecule has 0 unspecified atom stereocenters. The van der Waals surface area contributed by atoms with E-state index in [9.17, 15) is 0 Å². The fourth-order valence-corrected chi connectivity index (χ4v) is 0.962. The molecule has 0 aliphatic heterocycles. The smallest absolute Gasteiger partial charge is 0.0312 e. The van der Waals surface area contributed by atoms with Crippen LogP contribution in [0.2, 0.25) is 0 Å². The van der Waals surface area contributed by atoms with Crippen LogP contribution in [0.1, 0.15) is 20.8 Å². The Morgan fingerprint density at radius 2 is 0.500 bits per heavy atom. The molecule has 0 aromatic rings. The summed E-state index contributed by atoms with van der Waals surface area (Å²) in [5, 5.41) is 8.52. The Labute approximate surface area is 203 Å². The molecule has 3 aliphatic carbocycles. The van der Waals surface area contributed by atoms with Crippen LogP contribution in [-0.4, -0.2) is 10.7 Å². The summed E-state index contributed by atoms with van der Waals surface area (Å²) in [6.07, 6.45) is 30.0. The van der Waals surface area contributed by atoms with E-state index in [0.29, 0.717) is 0 Å². The summed E-state index contributed by atoms with van der Waals surface area (Å²) in [6.45, 7) is 18.7. The van der Waals surface area contributed by atoms with Crippen molar-refractivity contribution >= 4 is 0 Å². The normalized spacial score (nSPS) is 15.2. The summed E-state index contributed by atoms with van der Waals surface area (Å²) in [5.41, 5.74) is -0.500. The molecule has 1 N–H and O–H groups in total. The molecule has 0 aromatic carbocycles. The minimum Gasteiger partial charge on any atom is -0.0312 e. The maximum Gasteiger partial charge on any atom is 2.00 e. The molecular weight excluding hydrogens is 472 g/mol. The first-order chi connectivity index (χ1) is 12.5. The van der Waals surface area contributed by atoms with E-state index >= 15 is 0 Å². The predicted octanol–water partition coefficient (Wildman–Crippen LogP) is 3.72. The molecule has 0 amide bonds. The van der Waals surface area contributed by atoms with E-state index in [1.165, 1.54) is 0 Å². The molecule has 4 nitrogen and oxygen atoms in total. The molecule has 0 spiro atoms. The third-order valence-electron chi connectivity index (χ3n) is 1.67. The Morgan fingerprint density at radius 1 is 0.464 bits per heavy atom. The molecule has 3 aliphatic rings. The Kier molecular flexibility index (Phi) is 63.7. The summed E-state index contributed by atoms with van der Waals surface area (Å²) in [7, 11) is 0. The average molecular weight is 497 g/mol. The maximum absolute atomic E-state index is 8.52. The third-order valence-corrected chi connectivity index (χ3v) is 1.67. The SMILES string of the molecule is CC(C)(C)O.[C-]#[O+].[C-]#[O+].[C-]#[O+].[CH]1[CH][CH][CH][CH]1.[CH]1[CH][CH][CH][CH]1.[CH]1[CH][CH][CH][CH]1.[Mo].[Ti+2]. The van der Waals surface area contributed by atoms with Crippen LogP contribution < -0.4 is 0 Å². The van der Waals surface area contributed by atoms with Gasteiger partial charge in [0.05, 0.1) is 5.60 Å². The van der Waals surface area contributed by atoms with Gasteiger partial charge in [-0.2, -0.15) is 0 Å².